The van der Waals surface area contributed by atoms with Gasteiger partial charge in [0.2, 0.25) is 0 Å². The molecule has 5 nitrogen and oxygen atoms in total. The van der Waals surface area contributed by atoms with Crippen LogP contribution in [0.3, 0.4) is 0 Å². The monoisotopic (exact) mass is 352 g/mol. The second-order valence-electron chi connectivity index (χ2n) is 8.28. The van der Waals surface area contributed by atoms with E-state index in [2.05, 4.69) is 43.5 Å². The lowest BCUT2D eigenvalue weighted by molar-refractivity contribution is -0.00254. The molecule has 0 aromatic rings. The van der Waals surface area contributed by atoms with Gasteiger partial charge < -0.3 is 20.3 Å². The summed E-state index contributed by atoms with van der Waals surface area (Å²) in [6.45, 7) is 9.00. The maximum absolute atomic E-state index is 5.56. The molecule has 0 spiro atoms. The van der Waals surface area contributed by atoms with Crippen LogP contribution in [0.4, 0.5) is 0 Å². The number of hydrogen-bond donors (Lipinski definition) is 2. The van der Waals surface area contributed by atoms with E-state index in [1.807, 2.05) is 0 Å². The molecule has 0 amide bonds. The molecule has 5 heteroatoms. The van der Waals surface area contributed by atoms with Gasteiger partial charge in [-0.2, -0.15) is 0 Å². The van der Waals surface area contributed by atoms with Gasteiger partial charge in [0.15, 0.2) is 5.96 Å². The van der Waals surface area contributed by atoms with E-state index in [1.165, 1.54) is 32.1 Å². The summed E-state index contributed by atoms with van der Waals surface area (Å²) in [6.07, 6.45) is 9.02. The van der Waals surface area contributed by atoms with Crippen molar-refractivity contribution in [1.82, 2.24) is 15.5 Å². The number of hydrogen-bond acceptors (Lipinski definition) is 3. The molecule has 0 radical (unpaired) electrons. The molecule has 146 valence electrons. The zero-order valence-corrected chi connectivity index (χ0v) is 16.9. The van der Waals surface area contributed by atoms with Crippen LogP contribution in [0.25, 0.3) is 0 Å². The summed E-state index contributed by atoms with van der Waals surface area (Å²) in [7, 11) is 4.34. The van der Waals surface area contributed by atoms with Crippen LogP contribution in [0.15, 0.2) is 4.99 Å². The third-order valence-corrected chi connectivity index (χ3v) is 6.14. The fourth-order valence-electron chi connectivity index (χ4n) is 4.28. The number of nitrogens with one attached hydrogen (secondary N) is 2. The normalized spacial score (nSPS) is 27.3. The Hall–Kier alpha value is -0.810. The van der Waals surface area contributed by atoms with E-state index < -0.39 is 0 Å². The van der Waals surface area contributed by atoms with Crippen molar-refractivity contribution < 1.29 is 4.74 Å². The summed E-state index contributed by atoms with van der Waals surface area (Å²) in [4.78, 5) is 7.26. The van der Waals surface area contributed by atoms with Crippen molar-refractivity contribution in [3.8, 4) is 0 Å². The van der Waals surface area contributed by atoms with Gasteiger partial charge in [0.05, 0.1) is 6.54 Å². The van der Waals surface area contributed by atoms with Crippen LogP contribution in [0.2, 0.25) is 0 Å². The van der Waals surface area contributed by atoms with Gasteiger partial charge in [0.25, 0.3) is 0 Å². The minimum absolute atomic E-state index is 0.138. The second kappa shape index (κ2) is 10.4. The molecular weight excluding hydrogens is 312 g/mol. The highest BCUT2D eigenvalue weighted by Crippen LogP contribution is 2.30. The molecule has 2 rings (SSSR count). The van der Waals surface area contributed by atoms with Crippen LogP contribution in [0, 0.1) is 11.8 Å². The van der Waals surface area contributed by atoms with Crippen molar-refractivity contribution in [3.05, 3.63) is 0 Å². The summed E-state index contributed by atoms with van der Waals surface area (Å²) in [6, 6.07) is 0. The standard InChI is InChI=1S/C20H40N4O/c1-5-21-19(22-12-9-18-8-6-7-17(2)15-18)23-16-20(24(3)4)10-13-25-14-11-20/h17-18H,5-16H2,1-4H3,(H2,21,22,23). The van der Waals surface area contributed by atoms with Gasteiger partial charge in [-0.05, 0) is 58.5 Å². The molecule has 25 heavy (non-hydrogen) atoms. The van der Waals surface area contributed by atoms with Crippen LogP contribution in [0.5, 0.6) is 0 Å². The summed E-state index contributed by atoms with van der Waals surface area (Å²) < 4.78 is 5.56. The van der Waals surface area contributed by atoms with Gasteiger partial charge in [-0.15, -0.1) is 0 Å². The Morgan fingerprint density at radius 1 is 1.20 bits per heavy atom. The first-order valence-electron chi connectivity index (χ1n) is 10.3. The molecule has 2 fully saturated rings. The van der Waals surface area contributed by atoms with E-state index in [4.69, 9.17) is 9.73 Å². The average molecular weight is 353 g/mol. The number of rotatable bonds is 7. The van der Waals surface area contributed by atoms with Crippen molar-refractivity contribution in [3.63, 3.8) is 0 Å². The molecule has 1 aliphatic carbocycles. The van der Waals surface area contributed by atoms with Crippen molar-refractivity contribution >= 4 is 5.96 Å². The van der Waals surface area contributed by atoms with E-state index in [1.54, 1.807) is 0 Å². The first-order valence-corrected chi connectivity index (χ1v) is 10.3. The Kier molecular flexibility index (Phi) is 8.50. The van der Waals surface area contributed by atoms with Crippen LogP contribution in [-0.4, -0.2) is 63.3 Å². The molecular formula is C20H40N4O. The Morgan fingerprint density at radius 3 is 2.60 bits per heavy atom. The summed E-state index contributed by atoms with van der Waals surface area (Å²) >= 11 is 0. The van der Waals surface area contributed by atoms with Gasteiger partial charge in [-0.25, -0.2) is 0 Å². The molecule has 2 atom stereocenters. The number of aliphatic imine (C=N–C) groups is 1. The zero-order valence-electron chi connectivity index (χ0n) is 16.9. The number of nitrogens with zero attached hydrogens (tertiary/aromatic N) is 2. The Labute approximate surface area is 155 Å². The summed E-state index contributed by atoms with van der Waals surface area (Å²) in [5, 5.41) is 6.98. The molecule has 1 heterocycles. The maximum atomic E-state index is 5.56. The fourth-order valence-corrected chi connectivity index (χ4v) is 4.28. The predicted molar refractivity (Wildman–Crippen MR) is 106 cm³/mol. The van der Waals surface area contributed by atoms with Crippen LogP contribution in [-0.2, 0) is 4.74 Å². The smallest absolute Gasteiger partial charge is 0.191 e. The van der Waals surface area contributed by atoms with E-state index in [-0.39, 0.29) is 5.54 Å². The molecule has 0 aromatic heterocycles. The Bertz CT molecular complexity index is 405. The van der Waals surface area contributed by atoms with Crippen LogP contribution >= 0.6 is 0 Å². The SMILES string of the molecule is CCNC(=NCC1(N(C)C)CCOCC1)NCCC1CCCC(C)C1. The fraction of sp³-hybridized carbons (Fsp3) is 0.950. The maximum Gasteiger partial charge on any atom is 0.191 e. The first kappa shape index (κ1) is 20.5. The van der Waals surface area contributed by atoms with E-state index in [9.17, 15) is 0 Å². The summed E-state index contributed by atoms with van der Waals surface area (Å²) in [5.74, 6) is 2.77. The average Bonchev–Trinajstić information content (AvgIpc) is 2.60. The predicted octanol–water partition coefficient (Wildman–Crippen LogP) is 2.87. The highest BCUT2D eigenvalue weighted by Gasteiger charge is 2.34. The van der Waals surface area contributed by atoms with Gasteiger partial charge in [-0.1, -0.05) is 26.2 Å². The lowest BCUT2D eigenvalue weighted by Crippen LogP contribution is -2.51. The summed E-state index contributed by atoms with van der Waals surface area (Å²) in [5.41, 5.74) is 0.138. The van der Waals surface area contributed by atoms with Gasteiger partial charge in [0.1, 0.15) is 0 Å². The van der Waals surface area contributed by atoms with Crippen molar-refractivity contribution in [1.29, 1.82) is 0 Å². The van der Waals surface area contributed by atoms with E-state index >= 15 is 0 Å². The molecule has 2 N–H and O–H groups in total. The molecule has 1 aliphatic heterocycles. The lowest BCUT2D eigenvalue weighted by Gasteiger charge is -2.41. The number of ether oxygens (including phenoxy) is 1. The van der Waals surface area contributed by atoms with Crippen LogP contribution in [0.1, 0.15) is 58.8 Å². The third-order valence-electron chi connectivity index (χ3n) is 6.14. The minimum atomic E-state index is 0.138. The molecule has 2 aliphatic rings. The van der Waals surface area contributed by atoms with E-state index in [0.29, 0.717) is 0 Å². The highest BCUT2D eigenvalue weighted by molar-refractivity contribution is 5.79. The first-order chi connectivity index (χ1) is 12.1. The third kappa shape index (κ3) is 6.45. The minimum Gasteiger partial charge on any atom is -0.381 e. The largest absolute Gasteiger partial charge is 0.381 e. The lowest BCUT2D eigenvalue weighted by atomic mass is 9.81. The Morgan fingerprint density at radius 2 is 1.96 bits per heavy atom. The van der Waals surface area contributed by atoms with E-state index in [0.717, 1.165) is 63.5 Å². The Balaban J connectivity index is 1.84. The van der Waals surface area contributed by atoms with Crippen molar-refractivity contribution in [2.45, 2.75) is 64.3 Å². The quantitative estimate of drug-likeness (QED) is 0.546. The molecule has 1 saturated heterocycles. The van der Waals surface area contributed by atoms with Crippen molar-refractivity contribution in [2.24, 2.45) is 16.8 Å². The topological polar surface area (TPSA) is 48.9 Å². The van der Waals surface area contributed by atoms with Gasteiger partial charge in [0, 0.05) is 31.8 Å². The highest BCUT2D eigenvalue weighted by atomic mass is 16.5. The number of likely N-dealkylation sites (N-methyl/N-ethyl adjacent to an activating group) is 1. The molecule has 0 bridgehead atoms. The molecule has 1 saturated carbocycles. The van der Waals surface area contributed by atoms with Crippen molar-refractivity contribution in [2.75, 3.05) is 46.9 Å². The number of guanidine groups is 1. The molecule has 2 unspecified atom stereocenters. The second-order valence-corrected chi connectivity index (χ2v) is 8.28. The van der Waals surface area contributed by atoms with Gasteiger partial charge in [-0.3, -0.25) is 4.99 Å². The van der Waals surface area contributed by atoms with Gasteiger partial charge >= 0.3 is 0 Å². The zero-order chi connectivity index (χ0) is 18.1. The van der Waals surface area contributed by atoms with Crippen LogP contribution < -0.4 is 10.6 Å². The molecule has 0 aromatic carbocycles.